The van der Waals surface area contributed by atoms with Gasteiger partial charge in [0.25, 0.3) is 5.91 Å². The van der Waals surface area contributed by atoms with Crippen molar-refractivity contribution in [3.63, 3.8) is 0 Å². The minimum absolute atomic E-state index is 0.277. The molecule has 1 aliphatic heterocycles. The number of ether oxygens (including phenoxy) is 2. The number of benzene rings is 2. The molecular weight excluding hydrogens is 384 g/mol. The SMILES string of the molecule is O=C(CO[C@H](CO)c1ccc(C#Cc2ccc(CN3CCOCC3)cc2)cc1)NO. The molecule has 7 nitrogen and oxygen atoms in total. The second kappa shape index (κ2) is 11.5. The molecule has 3 rings (SSSR count). The molecule has 0 aromatic heterocycles. The Bertz CT molecular complexity index is 865. The number of nitrogens with one attached hydrogen (secondary N) is 1. The molecule has 0 aliphatic carbocycles. The van der Waals surface area contributed by atoms with E-state index in [9.17, 15) is 9.90 Å². The lowest BCUT2D eigenvalue weighted by Crippen LogP contribution is -2.35. The van der Waals surface area contributed by atoms with Crippen molar-refractivity contribution in [2.24, 2.45) is 0 Å². The summed E-state index contributed by atoms with van der Waals surface area (Å²) in [5, 5.41) is 18.0. The number of aliphatic hydroxyl groups excluding tert-OH is 1. The summed E-state index contributed by atoms with van der Waals surface area (Å²) in [5.41, 5.74) is 5.25. The van der Waals surface area contributed by atoms with Crippen LogP contribution >= 0.6 is 0 Å². The number of hydrogen-bond acceptors (Lipinski definition) is 6. The van der Waals surface area contributed by atoms with Crippen molar-refractivity contribution in [2.45, 2.75) is 12.6 Å². The third kappa shape index (κ3) is 6.66. The first-order valence-corrected chi connectivity index (χ1v) is 9.84. The molecule has 0 spiro atoms. The summed E-state index contributed by atoms with van der Waals surface area (Å²) >= 11 is 0. The van der Waals surface area contributed by atoms with E-state index in [1.54, 1.807) is 12.1 Å². The number of carbonyl (C=O) groups is 1. The number of morpholine rings is 1. The van der Waals surface area contributed by atoms with Crippen molar-refractivity contribution >= 4 is 5.91 Å². The van der Waals surface area contributed by atoms with E-state index in [1.807, 2.05) is 24.3 Å². The van der Waals surface area contributed by atoms with Gasteiger partial charge in [0.1, 0.15) is 12.7 Å². The van der Waals surface area contributed by atoms with Crippen molar-refractivity contribution in [1.82, 2.24) is 10.4 Å². The quantitative estimate of drug-likeness (QED) is 0.364. The smallest absolute Gasteiger partial charge is 0.269 e. The number of carbonyl (C=O) groups excluding carboxylic acids is 1. The molecule has 7 heteroatoms. The van der Waals surface area contributed by atoms with Gasteiger partial charge in [0.05, 0.1) is 19.8 Å². The summed E-state index contributed by atoms with van der Waals surface area (Å²) < 4.78 is 10.7. The summed E-state index contributed by atoms with van der Waals surface area (Å²) in [6.45, 7) is 3.83. The van der Waals surface area contributed by atoms with Crippen molar-refractivity contribution in [3.8, 4) is 11.8 Å². The van der Waals surface area contributed by atoms with Gasteiger partial charge in [-0.15, -0.1) is 0 Å². The number of amides is 1. The van der Waals surface area contributed by atoms with Gasteiger partial charge in [0.15, 0.2) is 0 Å². The van der Waals surface area contributed by atoms with Gasteiger partial charge in [-0.05, 0) is 35.4 Å². The van der Waals surface area contributed by atoms with Crippen LogP contribution in [-0.2, 0) is 20.8 Å². The largest absolute Gasteiger partial charge is 0.393 e. The number of nitrogens with zero attached hydrogens (tertiary/aromatic N) is 1. The lowest BCUT2D eigenvalue weighted by atomic mass is 10.1. The number of hydroxylamine groups is 1. The molecule has 1 atom stereocenters. The molecule has 0 bridgehead atoms. The molecule has 158 valence electrons. The van der Waals surface area contributed by atoms with Gasteiger partial charge in [0.2, 0.25) is 0 Å². The van der Waals surface area contributed by atoms with E-state index in [0.717, 1.165) is 49.5 Å². The van der Waals surface area contributed by atoms with E-state index in [4.69, 9.17) is 14.7 Å². The molecule has 2 aromatic carbocycles. The molecule has 1 saturated heterocycles. The Hall–Kier alpha value is -2.73. The average molecular weight is 410 g/mol. The Balaban J connectivity index is 1.57. The highest BCUT2D eigenvalue weighted by Gasteiger charge is 2.13. The zero-order valence-corrected chi connectivity index (χ0v) is 16.7. The van der Waals surface area contributed by atoms with E-state index in [-0.39, 0.29) is 13.2 Å². The molecule has 1 fully saturated rings. The minimum atomic E-state index is -0.674. The molecule has 0 saturated carbocycles. The van der Waals surface area contributed by atoms with E-state index < -0.39 is 12.0 Å². The van der Waals surface area contributed by atoms with E-state index in [1.165, 1.54) is 11.0 Å². The maximum atomic E-state index is 11.1. The van der Waals surface area contributed by atoms with Crippen molar-refractivity contribution in [3.05, 3.63) is 70.8 Å². The molecular formula is C23H26N2O5. The first-order chi connectivity index (χ1) is 14.7. The number of rotatable bonds is 7. The van der Waals surface area contributed by atoms with Crippen LogP contribution in [0.2, 0.25) is 0 Å². The van der Waals surface area contributed by atoms with Gasteiger partial charge >= 0.3 is 0 Å². The van der Waals surface area contributed by atoms with Crippen LogP contribution in [0.3, 0.4) is 0 Å². The summed E-state index contributed by atoms with van der Waals surface area (Å²) in [5.74, 6) is 5.61. The monoisotopic (exact) mass is 410 g/mol. The van der Waals surface area contributed by atoms with E-state index in [2.05, 4.69) is 28.9 Å². The third-order valence-electron chi connectivity index (χ3n) is 4.80. The summed E-state index contributed by atoms with van der Waals surface area (Å²) in [4.78, 5) is 13.4. The van der Waals surface area contributed by atoms with Crippen LogP contribution in [0.25, 0.3) is 0 Å². The standard InChI is InChI=1S/C23H26N2O5/c26-16-22(30-17-23(27)24-28)21-9-7-19(8-10-21)2-1-18-3-5-20(6-4-18)15-25-11-13-29-14-12-25/h3-10,22,26,28H,11-17H2,(H,24,27)/t22-/m1/s1. The zero-order chi connectivity index (χ0) is 21.2. The van der Waals surface area contributed by atoms with Crippen LogP contribution < -0.4 is 5.48 Å². The highest BCUT2D eigenvalue weighted by Crippen LogP contribution is 2.17. The van der Waals surface area contributed by atoms with Gasteiger partial charge in [0, 0.05) is 30.8 Å². The van der Waals surface area contributed by atoms with Crippen LogP contribution in [0.1, 0.15) is 28.4 Å². The molecule has 0 unspecified atom stereocenters. The molecule has 1 aliphatic rings. The Morgan fingerprint density at radius 2 is 1.67 bits per heavy atom. The topological polar surface area (TPSA) is 91.3 Å². The third-order valence-corrected chi connectivity index (χ3v) is 4.80. The molecule has 30 heavy (non-hydrogen) atoms. The normalized spacial score (nSPS) is 15.1. The second-order valence-corrected chi connectivity index (χ2v) is 6.97. The molecule has 1 amide bonds. The Labute approximate surface area is 176 Å². The maximum Gasteiger partial charge on any atom is 0.269 e. The lowest BCUT2D eigenvalue weighted by molar-refractivity contribution is -0.137. The van der Waals surface area contributed by atoms with Crippen molar-refractivity contribution in [2.75, 3.05) is 39.5 Å². The first kappa shape index (κ1) is 22.0. The van der Waals surface area contributed by atoms with Crippen molar-refractivity contribution < 1.29 is 24.6 Å². The fourth-order valence-corrected chi connectivity index (χ4v) is 3.10. The zero-order valence-electron chi connectivity index (χ0n) is 16.7. The summed E-state index contributed by atoms with van der Waals surface area (Å²) in [6.07, 6.45) is -0.650. The van der Waals surface area contributed by atoms with E-state index in [0.29, 0.717) is 0 Å². The van der Waals surface area contributed by atoms with Gasteiger partial charge in [-0.3, -0.25) is 14.9 Å². The summed E-state index contributed by atoms with van der Waals surface area (Å²) in [7, 11) is 0. The minimum Gasteiger partial charge on any atom is -0.393 e. The summed E-state index contributed by atoms with van der Waals surface area (Å²) in [6, 6.07) is 15.5. The fourth-order valence-electron chi connectivity index (χ4n) is 3.10. The average Bonchev–Trinajstić information content (AvgIpc) is 2.80. The van der Waals surface area contributed by atoms with Crippen LogP contribution in [0.4, 0.5) is 0 Å². The molecule has 3 N–H and O–H groups in total. The number of aliphatic hydroxyl groups is 1. The fraction of sp³-hybridized carbons (Fsp3) is 0.348. The Morgan fingerprint density at radius 1 is 1.07 bits per heavy atom. The molecule has 0 radical (unpaired) electrons. The van der Waals surface area contributed by atoms with Gasteiger partial charge in [-0.25, -0.2) is 5.48 Å². The van der Waals surface area contributed by atoms with Crippen LogP contribution in [0.5, 0.6) is 0 Å². The van der Waals surface area contributed by atoms with E-state index >= 15 is 0 Å². The van der Waals surface area contributed by atoms with Crippen LogP contribution in [0, 0.1) is 11.8 Å². The van der Waals surface area contributed by atoms with Crippen LogP contribution in [-0.4, -0.2) is 60.6 Å². The highest BCUT2D eigenvalue weighted by molar-refractivity contribution is 5.75. The number of hydrogen-bond donors (Lipinski definition) is 3. The first-order valence-electron chi connectivity index (χ1n) is 9.84. The van der Waals surface area contributed by atoms with Gasteiger partial charge < -0.3 is 14.6 Å². The van der Waals surface area contributed by atoms with Gasteiger partial charge in [-0.2, -0.15) is 0 Å². The second-order valence-electron chi connectivity index (χ2n) is 6.97. The predicted octanol–water partition coefficient (Wildman–Crippen LogP) is 1.47. The lowest BCUT2D eigenvalue weighted by Gasteiger charge is -2.26. The maximum absolute atomic E-state index is 11.1. The highest BCUT2D eigenvalue weighted by atomic mass is 16.5. The molecule has 2 aromatic rings. The Kier molecular flexibility index (Phi) is 8.39. The molecule has 1 heterocycles. The van der Waals surface area contributed by atoms with Gasteiger partial charge in [-0.1, -0.05) is 36.1 Å². The van der Waals surface area contributed by atoms with Crippen molar-refractivity contribution in [1.29, 1.82) is 0 Å². The predicted molar refractivity (Wildman–Crippen MR) is 111 cm³/mol. The van der Waals surface area contributed by atoms with Crippen LogP contribution in [0.15, 0.2) is 48.5 Å². The Morgan fingerprint density at radius 3 is 2.23 bits per heavy atom.